The summed E-state index contributed by atoms with van der Waals surface area (Å²) >= 11 is 0. The van der Waals surface area contributed by atoms with Gasteiger partial charge in [0.1, 0.15) is 6.04 Å². The molecule has 1 saturated carbocycles. The van der Waals surface area contributed by atoms with E-state index in [0.717, 1.165) is 12.8 Å². The van der Waals surface area contributed by atoms with Crippen molar-refractivity contribution in [2.75, 3.05) is 5.32 Å². The molecule has 2 aromatic carbocycles. The molecule has 29 heavy (non-hydrogen) atoms. The molecular weight excluding hydrogens is 378 g/mol. The van der Waals surface area contributed by atoms with Crippen molar-refractivity contribution in [3.8, 4) is 0 Å². The highest BCUT2D eigenvalue weighted by Gasteiger charge is 2.26. The fourth-order valence-corrected chi connectivity index (χ4v) is 3.19. The number of amides is 3. The standard InChI is InChI=1S/C21H20F2N4O2/c22-19(23)17(12-5-2-1-3-6-12)27-20(28)15-11-24-18-14(15)7-4-8-16(18)26-21(29)25-13-9-10-13/h1-8,11,13,17,19,24H,9-10H2,(H,27,28)(H2,25,26,29)/t17-/m0/s1. The number of aromatic amines is 1. The number of hydrogen-bond acceptors (Lipinski definition) is 2. The molecule has 0 aliphatic heterocycles. The highest BCUT2D eigenvalue weighted by Crippen LogP contribution is 2.27. The Balaban J connectivity index is 1.56. The van der Waals surface area contributed by atoms with Gasteiger partial charge in [0.2, 0.25) is 0 Å². The minimum absolute atomic E-state index is 0.212. The number of benzene rings is 2. The summed E-state index contributed by atoms with van der Waals surface area (Å²) in [6.07, 6.45) is 0.640. The number of anilines is 1. The number of para-hydroxylation sites is 1. The van der Waals surface area contributed by atoms with Gasteiger partial charge in [0.15, 0.2) is 0 Å². The number of aromatic nitrogens is 1. The first-order chi connectivity index (χ1) is 14.0. The van der Waals surface area contributed by atoms with E-state index in [9.17, 15) is 18.4 Å². The van der Waals surface area contributed by atoms with Crippen LogP contribution in [0.3, 0.4) is 0 Å². The lowest BCUT2D eigenvalue weighted by molar-refractivity contribution is 0.0745. The van der Waals surface area contributed by atoms with E-state index >= 15 is 0 Å². The Kier molecular flexibility index (Phi) is 5.16. The topological polar surface area (TPSA) is 86.0 Å². The molecule has 1 aliphatic rings. The third-order valence-electron chi connectivity index (χ3n) is 4.82. The van der Waals surface area contributed by atoms with Gasteiger partial charge in [0.25, 0.3) is 12.3 Å². The summed E-state index contributed by atoms with van der Waals surface area (Å²) in [5.41, 5.74) is 1.62. The zero-order chi connectivity index (χ0) is 20.4. The van der Waals surface area contributed by atoms with Crippen molar-refractivity contribution in [1.29, 1.82) is 0 Å². The number of alkyl halides is 2. The summed E-state index contributed by atoms with van der Waals surface area (Å²) in [6, 6.07) is 11.7. The van der Waals surface area contributed by atoms with Crippen LogP contribution < -0.4 is 16.0 Å². The van der Waals surface area contributed by atoms with E-state index in [1.165, 1.54) is 6.20 Å². The van der Waals surface area contributed by atoms with Gasteiger partial charge in [0, 0.05) is 17.6 Å². The van der Waals surface area contributed by atoms with Gasteiger partial charge in [-0.05, 0) is 24.5 Å². The van der Waals surface area contributed by atoms with Crippen molar-refractivity contribution in [2.24, 2.45) is 0 Å². The second-order valence-electron chi connectivity index (χ2n) is 7.00. The molecule has 4 N–H and O–H groups in total. The molecule has 1 aromatic heterocycles. The Morgan fingerprint density at radius 1 is 1.03 bits per heavy atom. The number of hydrogen-bond donors (Lipinski definition) is 4. The van der Waals surface area contributed by atoms with Crippen LogP contribution in [0.1, 0.15) is 34.8 Å². The molecule has 1 aliphatic carbocycles. The lowest BCUT2D eigenvalue weighted by Gasteiger charge is -2.18. The number of fused-ring (bicyclic) bond motifs is 1. The number of carbonyl (C=O) groups is 2. The maximum atomic E-state index is 13.5. The lowest BCUT2D eigenvalue weighted by Crippen LogP contribution is -2.32. The molecule has 1 heterocycles. The average Bonchev–Trinajstić information content (AvgIpc) is 3.40. The molecule has 4 rings (SSSR count). The molecule has 1 fully saturated rings. The molecule has 8 heteroatoms. The molecule has 150 valence electrons. The summed E-state index contributed by atoms with van der Waals surface area (Å²) in [5, 5.41) is 8.54. The van der Waals surface area contributed by atoms with Gasteiger partial charge in [-0.15, -0.1) is 0 Å². The fourth-order valence-electron chi connectivity index (χ4n) is 3.19. The molecule has 0 unspecified atom stereocenters. The van der Waals surface area contributed by atoms with Gasteiger partial charge in [0.05, 0.1) is 16.8 Å². The van der Waals surface area contributed by atoms with Crippen LogP contribution >= 0.6 is 0 Å². The van der Waals surface area contributed by atoms with Crippen molar-refractivity contribution in [2.45, 2.75) is 31.4 Å². The molecular formula is C21H20F2N4O2. The average molecular weight is 398 g/mol. The Bertz CT molecular complexity index is 1030. The predicted octanol–water partition coefficient (Wildman–Crippen LogP) is 4.19. The minimum Gasteiger partial charge on any atom is -0.359 e. The van der Waals surface area contributed by atoms with E-state index in [-0.39, 0.29) is 17.6 Å². The Hall–Kier alpha value is -3.42. The Labute approximate surface area is 165 Å². The number of rotatable bonds is 6. The third kappa shape index (κ3) is 4.21. The van der Waals surface area contributed by atoms with Crippen LogP contribution in [0.5, 0.6) is 0 Å². The molecule has 3 aromatic rings. The zero-order valence-corrected chi connectivity index (χ0v) is 15.4. The fraction of sp³-hybridized carbons (Fsp3) is 0.238. The molecule has 0 saturated heterocycles. The van der Waals surface area contributed by atoms with Crippen molar-refractivity contribution in [3.05, 3.63) is 65.9 Å². The number of urea groups is 1. The van der Waals surface area contributed by atoms with Crippen molar-refractivity contribution in [1.82, 2.24) is 15.6 Å². The molecule has 6 nitrogen and oxygen atoms in total. The molecule has 0 radical (unpaired) electrons. The summed E-state index contributed by atoms with van der Waals surface area (Å²) in [4.78, 5) is 27.7. The van der Waals surface area contributed by atoms with Crippen LogP contribution in [0.4, 0.5) is 19.3 Å². The molecule has 3 amide bonds. The Morgan fingerprint density at radius 3 is 2.48 bits per heavy atom. The lowest BCUT2D eigenvalue weighted by atomic mass is 10.1. The number of nitrogens with one attached hydrogen (secondary N) is 4. The SMILES string of the molecule is O=C(Nc1cccc2c(C(=O)N[C@@H](c3ccccc3)C(F)F)c[nH]c12)NC1CC1. The normalized spacial score (nSPS) is 14.6. The monoisotopic (exact) mass is 398 g/mol. The molecule has 0 spiro atoms. The van der Waals surface area contributed by atoms with E-state index in [1.54, 1.807) is 48.5 Å². The smallest absolute Gasteiger partial charge is 0.319 e. The van der Waals surface area contributed by atoms with Gasteiger partial charge in [-0.2, -0.15) is 0 Å². The first-order valence-electron chi connectivity index (χ1n) is 9.34. The van der Waals surface area contributed by atoms with Crippen LogP contribution in [0, 0.1) is 0 Å². The second kappa shape index (κ2) is 7.90. The van der Waals surface area contributed by atoms with E-state index in [4.69, 9.17) is 0 Å². The number of H-pyrrole nitrogens is 1. The largest absolute Gasteiger partial charge is 0.359 e. The molecule has 1 atom stereocenters. The zero-order valence-electron chi connectivity index (χ0n) is 15.4. The Morgan fingerprint density at radius 2 is 1.79 bits per heavy atom. The van der Waals surface area contributed by atoms with Crippen molar-refractivity contribution < 1.29 is 18.4 Å². The van der Waals surface area contributed by atoms with Gasteiger partial charge in [-0.3, -0.25) is 4.79 Å². The second-order valence-corrected chi connectivity index (χ2v) is 7.00. The van der Waals surface area contributed by atoms with Crippen molar-refractivity contribution >= 4 is 28.5 Å². The van der Waals surface area contributed by atoms with E-state index in [1.807, 2.05) is 0 Å². The van der Waals surface area contributed by atoms with Crippen LogP contribution in [0.2, 0.25) is 0 Å². The summed E-state index contributed by atoms with van der Waals surface area (Å²) < 4.78 is 27.1. The van der Waals surface area contributed by atoms with Crippen LogP contribution in [-0.4, -0.2) is 29.4 Å². The minimum atomic E-state index is -2.75. The van der Waals surface area contributed by atoms with Gasteiger partial charge in [-0.25, -0.2) is 13.6 Å². The number of carbonyl (C=O) groups excluding carboxylic acids is 2. The van der Waals surface area contributed by atoms with E-state index in [0.29, 0.717) is 22.2 Å². The van der Waals surface area contributed by atoms with E-state index in [2.05, 4.69) is 20.9 Å². The maximum absolute atomic E-state index is 13.5. The summed E-state index contributed by atoms with van der Waals surface area (Å²) in [5.74, 6) is -0.620. The number of halogens is 2. The molecule has 0 bridgehead atoms. The first-order valence-corrected chi connectivity index (χ1v) is 9.34. The summed E-state index contributed by atoms with van der Waals surface area (Å²) in [7, 11) is 0. The predicted molar refractivity (Wildman–Crippen MR) is 106 cm³/mol. The van der Waals surface area contributed by atoms with Gasteiger partial charge in [-0.1, -0.05) is 42.5 Å². The van der Waals surface area contributed by atoms with Crippen LogP contribution in [0.25, 0.3) is 10.9 Å². The first kappa shape index (κ1) is 18.9. The summed E-state index contributed by atoms with van der Waals surface area (Å²) in [6.45, 7) is 0. The quantitative estimate of drug-likeness (QED) is 0.502. The highest BCUT2D eigenvalue weighted by atomic mass is 19.3. The maximum Gasteiger partial charge on any atom is 0.319 e. The van der Waals surface area contributed by atoms with E-state index < -0.39 is 18.4 Å². The van der Waals surface area contributed by atoms with Crippen LogP contribution in [-0.2, 0) is 0 Å². The van der Waals surface area contributed by atoms with Crippen molar-refractivity contribution in [3.63, 3.8) is 0 Å². The van der Waals surface area contributed by atoms with Crippen LogP contribution in [0.15, 0.2) is 54.7 Å². The van der Waals surface area contributed by atoms with Gasteiger partial charge >= 0.3 is 6.03 Å². The van der Waals surface area contributed by atoms with Gasteiger partial charge < -0.3 is 20.9 Å². The third-order valence-corrected chi connectivity index (χ3v) is 4.82. The highest BCUT2D eigenvalue weighted by molar-refractivity contribution is 6.11.